The van der Waals surface area contributed by atoms with Gasteiger partial charge in [0.15, 0.2) is 0 Å². The van der Waals surface area contributed by atoms with Crippen molar-refractivity contribution in [2.24, 2.45) is 5.92 Å². The SMILES string of the molecule is CC(C)(C)OC(=O)N[C@H]1CCCCCC=C[C@@H]2C[C@@]2(C(=O)NS(=O)(=O)c2cccnc2Cl)NC(=O)[C@@H]2C[C@@H](OC(=O)N3Cc4cccc(F)c4C3)CN2C1=O. The second kappa shape index (κ2) is 15.8. The number of hydrogen-bond donors (Lipinski definition) is 3. The lowest BCUT2D eigenvalue weighted by Gasteiger charge is -2.30. The Bertz CT molecular complexity index is 2010. The number of pyridine rings is 1. The number of alkyl carbamates (subject to hydrolysis) is 1. The first-order valence-corrected chi connectivity index (χ1v) is 20.0. The molecule has 55 heavy (non-hydrogen) atoms. The molecule has 0 spiro atoms. The topological polar surface area (TPSA) is 193 Å². The number of fused-ring (bicyclic) bond motifs is 3. The van der Waals surface area contributed by atoms with E-state index in [0.29, 0.717) is 36.8 Å². The summed E-state index contributed by atoms with van der Waals surface area (Å²) < 4.78 is 54.3. The molecule has 15 nitrogen and oxygen atoms in total. The summed E-state index contributed by atoms with van der Waals surface area (Å²) >= 11 is 6.03. The van der Waals surface area contributed by atoms with Gasteiger partial charge in [-0.3, -0.25) is 19.3 Å². The van der Waals surface area contributed by atoms with Crippen LogP contribution in [0.25, 0.3) is 0 Å². The van der Waals surface area contributed by atoms with Gasteiger partial charge in [0.1, 0.15) is 45.2 Å². The predicted molar refractivity (Wildman–Crippen MR) is 195 cm³/mol. The number of aromatic nitrogens is 1. The van der Waals surface area contributed by atoms with Crippen LogP contribution in [-0.2, 0) is 47.0 Å². The molecule has 1 aliphatic carbocycles. The highest BCUT2D eigenvalue weighted by atomic mass is 35.5. The van der Waals surface area contributed by atoms with Crippen molar-refractivity contribution in [2.45, 2.75) is 113 Å². The molecule has 4 aliphatic rings. The molecule has 2 fully saturated rings. The van der Waals surface area contributed by atoms with Crippen molar-refractivity contribution in [3.8, 4) is 0 Å². The molecule has 0 bridgehead atoms. The van der Waals surface area contributed by atoms with Crippen molar-refractivity contribution >= 4 is 51.5 Å². The molecule has 3 aliphatic heterocycles. The summed E-state index contributed by atoms with van der Waals surface area (Å²) in [4.78, 5) is 74.7. The van der Waals surface area contributed by atoms with Gasteiger partial charge in [0.05, 0.1) is 13.1 Å². The van der Waals surface area contributed by atoms with Crippen LogP contribution < -0.4 is 15.4 Å². The van der Waals surface area contributed by atoms with Crippen molar-refractivity contribution in [3.63, 3.8) is 0 Å². The summed E-state index contributed by atoms with van der Waals surface area (Å²) in [6.45, 7) is 4.88. The second-order valence-electron chi connectivity index (χ2n) is 15.2. The number of nitrogens with one attached hydrogen (secondary N) is 3. The minimum Gasteiger partial charge on any atom is -0.444 e. The highest BCUT2D eigenvalue weighted by Crippen LogP contribution is 2.46. The maximum atomic E-state index is 14.4. The third-order valence-electron chi connectivity index (χ3n) is 10.0. The highest BCUT2D eigenvalue weighted by molar-refractivity contribution is 7.90. The molecule has 296 valence electrons. The van der Waals surface area contributed by atoms with Gasteiger partial charge in [-0.25, -0.2) is 32.1 Å². The van der Waals surface area contributed by atoms with E-state index in [-0.39, 0.29) is 44.0 Å². The summed E-state index contributed by atoms with van der Waals surface area (Å²) in [6, 6.07) is 4.68. The summed E-state index contributed by atoms with van der Waals surface area (Å²) in [5.41, 5.74) is -1.57. The molecule has 0 unspecified atom stereocenters. The number of nitrogens with zero attached hydrogens (tertiary/aromatic N) is 3. The van der Waals surface area contributed by atoms with Gasteiger partial charge in [-0.1, -0.05) is 48.7 Å². The number of ether oxygens (including phenoxy) is 2. The fourth-order valence-corrected chi connectivity index (χ4v) is 8.67. The molecular formula is C37H44ClFN6O9S. The lowest BCUT2D eigenvalue weighted by Crippen LogP contribution is -2.58. The van der Waals surface area contributed by atoms with Crippen LogP contribution in [0.4, 0.5) is 14.0 Å². The molecule has 18 heteroatoms. The summed E-state index contributed by atoms with van der Waals surface area (Å²) in [5, 5.41) is 5.04. The molecule has 0 radical (unpaired) electrons. The normalized spacial score (nSPS) is 25.7. The smallest absolute Gasteiger partial charge is 0.410 e. The number of sulfonamides is 1. The maximum Gasteiger partial charge on any atom is 0.410 e. The Morgan fingerprint density at radius 3 is 2.60 bits per heavy atom. The molecule has 2 aromatic rings. The van der Waals surface area contributed by atoms with Gasteiger partial charge in [0.25, 0.3) is 15.9 Å². The van der Waals surface area contributed by atoms with Crippen LogP contribution in [0.2, 0.25) is 5.15 Å². The average Bonchev–Trinajstić information content (AvgIpc) is 3.40. The first-order valence-electron chi connectivity index (χ1n) is 18.2. The minimum atomic E-state index is -4.52. The zero-order valence-electron chi connectivity index (χ0n) is 30.7. The number of carbonyl (C=O) groups excluding carboxylic acids is 5. The zero-order valence-corrected chi connectivity index (χ0v) is 32.3. The van der Waals surface area contributed by atoms with Crippen LogP contribution in [0.3, 0.4) is 0 Å². The van der Waals surface area contributed by atoms with E-state index in [2.05, 4.69) is 15.6 Å². The largest absolute Gasteiger partial charge is 0.444 e. The number of allylic oxidation sites excluding steroid dienone is 1. The van der Waals surface area contributed by atoms with E-state index in [0.717, 1.165) is 0 Å². The first kappa shape index (κ1) is 39.9. The van der Waals surface area contributed by atoms with Crippen molar-refractivity contribution in [1.82, 2.24) is 30.1 Å². The van der Waals surface area contributed by atoms with E-state index >= 15 is 0 Å². The summed E-state index contributed by atoms with van der Waals surface area (Å²) in [7, 11) is -4.52. The molecule has 1 aromatic heterocycles. The van der Waals surface area contributed by atoms with Gasteiger partial charge in [0, 0.05) is 30.6 Å². The fourth-order valence-electron chi connectivity index (χ4n) is 7.18. The van der Waals surface area contributed by atoms with Crippen LogP contribution in [0.1, 0.15) is 76.8 Å². The molecule has 1 aromatic carbocycles. The molecule has 1 saturated heterocycles. The van der Waals surface area contributed by atoms with Gasteiger partial charge in [-0.15, -0.1) is 0 Å². The molecule has 3 N–H and O–H groups in total. The molecule has 4 heterocycles. The molecular weight excluding hydrogens is 759 g/mol. The number of rotatable bonds is 5. The Hall–Kier alpha value is -4.77. The minimum absolute atomic E-state index is 0.0261. The van der Waals surface area contributed by atoms with Crippen molar-refractivity contribution in [1.29, 1.82) is 0 Å². The number of halogens is 2. The number of amides is 5. The van der Waals surface area contributed by atoms with Crippen LogP contribution >= 0.6 is 11.6 Å². The maximum absolute atomic E-state index is 14.4. The second-order valence-corrected chi connectivity index (χ2v) is 17.3. The number of hydrogen-bond acceptors (Lipinski definition) is 10. The predicted octanol–water partition coefficient (Wildman–Crippen LogP) is 4.09. The molecule has 5 atom stereocenters. The monoisotopic (exact) mass is 802 g/mol. The lowest BCUT2D eigenvalue weighted by atomic mass is 10.0. The van der Waals surface area contributed by atoms with E-state index in [1.54, 1.807) is 39.0 Å². The van der Waals surface area contributed by atoms with Gasteiger partial charge in [-0.2, -0.15) is 0 Å². The molecule has 1 saturated carbocycles. The third kappa shape index (κ3) is 9.04. The standard InChI is InChI=1S/C37H44ClFN6O9S/c1-36(2,3)54-34(49)41-27-14-8-6-4-5-7-12-23-18-37(23,33(48)43-55(51,52)29-15-10-16-40-30(29)38)42-31(46)28-17-24(20-45(28)32(27)47)53-35(50)44-19-22-11-9-13-26(39)25(22)21-44/h7,9-13,15-16,23-24,27-28H,4-6,8,14,17-21H2,1-3H3,(H,41,49)(H,42,46)(H,43,48)/t23-,24-,27+,28+,37-/m1/s1. The van der Waals surface area contributed by atoms with Crippen LogP contribution in [0.5, 0.6) is 0 Å². The van der Waals surface area contributed by atoms with E-state index in [1.807, 2.05) is 10.8 Å². The Morgan fingerprint density at radius 2 is 1.87 bits per heavy atom. The van der Waals surface area contributed by atoms with Crippen molar-refractivity contribution in [2.75, 3.05) is 6.54 Å². The average molecular weight is 803 g/mol. The van der Waals surface area contributed by atoms with Crippen LogP contribution in [-0.4, -0.2) is 89.0 Å². The lowest BCUT2D eigenvalue weighted by molar-refractivity contribution is -0.141. The van der Waals surface area contributed by atoms with E-state index in [1.165, 1.54) is 34.2 Å². The summed E-state index contributed by atoms with van der Waals surface area (Å²) in [6.07, 6.45) is 4.95. The molecule has 5 amide bonds. The quantitative estimate of drug-likeness (QED) is 0.293. The van der Waals surface area contributed by atoms with Crippen molar-refractivity contribution in [3.05, 3.63) is 70.8 Å². The number of carbonyl (C=O) groups is 5. The Kier molecular flexibility index (Phi) is 11.4. The highest BCUT2D eigenvalue weighted by Gasteiger charge is 2.62. The van der Waals surface area contributed by atoms with Crippen LogP contribution in [0, 0.1) is 11.7 Å². The fraction of sp³-hybridized carbons (Fsp3) is 0.514. The third-order valence-corrected chi connectivity index (χ3v) is 11.8. The zero-order chi connectivity index (χ0) is 39.7. The van der Waals surface area contributed by atoms with Crippen molar-refractivity contribution < 1.29 is 46.3 Å². The Labute approximate surface area is 323 Å². The van der Waals surface area contributed by atoms with Gasteiger partial charge in [0.2, 0.25) is 11.8 Å². The van der Waals surface area contributed by atoms with E-state index < -0.39 is 85.9 Å². The molecule has 6 rings (SSSR count). The first-order chi connectivity index (χ1) is 26.0. The van der Waals surface area contributed by atoms with Gasteiger partial charge >= 0.3 is 12.2 Å². The van der Waals surface area contributed by atoms with Crippen LogP contribution in [0.15, 0.2) is 53.6 Å². The Balaban J connectivity index is 1.27. The number of benzene rings is 1. The summed E-state index contributed by atoms with van der Waals surface area (Å²) in [5.74, 6) is -3.47. The van der Waals surface area contributed by atoms with E-state index in [9.17, 15) is 36.8 Å². The van der Waals surface area contributed by atoms with Gasteiger partial charge in [-0.05, 0) is 70.2 Å². The van der Waals surface area contributed by atoms with Gasteiger partial charge < -0.3 is 25.0 Å². The van der Waals surface area contributed by atoms with E-state index in [4.69, 9.17) is 21.1 Å². The Morgan fingerprint density at radius 1 is 1.09 bits per heavy atom.